The summed E-state index contributed by atoms with van der Waals surface area (Å²) in [6.45, 7) is 0. The maximum absolute atomic E-state index is 13.5. The smallest absolute Gasteiger partial charge is 0.219 e. The Kier molecular flexibility index (Phi) is 4.82. The Morgan fingerprint density at radius 3 is 2.35 bits per heavy atom. The van der Waals surface area contributed by atoms with Crippen molar-refractivity contribution in [3.8, 4) is 11.5 Å². The average molecular weight is 418 g/mol. The van der Waals surface area contributed by atoms with E-state index in [4.69, 9.17) is 14.1 Å². The number of nitrogens with zero attached hydrogens (tertiary/aromatic N) is 2. The van der Waals surface area contributed by atoms with Gasteiger partial charge in [-0.3, -0.25) is 4.79 Å². The van der Waals surface area contributed by atoms with Crippen molar-refractivity contribution in [2.75, 3.05) is 24.9 Å². The van der Waals surface area contributed by atoms with E-state index in [0.29, 0.717) is 41.5 Å². The normalized spacial score (nSPS) is 20.1. The summed E-state index contributed by atoms with van der Waals surface area (Å²) >= 11 is 0. The molecule has 158 valence electrons. The maximum atomic E-state index is 13.5. The van der Waals surface area contributed by atoms with E-state index in [1.807, 2.05) is 30.3 Å². The van der Waals surface area contributed by atoms with Crippen LogP contribution in [-0.2, 0) is 4.79 Å². The van der Waals surface area contributed by atoms with Gasteiger partial charge in [-0.25, -0.2) is 4.63 Å². The lowest BCUT2D eigenvalue weighted by Gasteiger charge is -2.30. The molecule has 8 heteroatoms. The summed E-state index contributed by atoms with van der Waals surface area (Å²) in [5, 5.41) is 14.6. The first-order valence-electron chi connectivity index (χ1n) is 10.1. The topological polar surface area (TPSA) is 98.5 Å². The number of carbonyl (C=O) groups is 1. The zero-order valence-electron chi connectivity index (χ0n) is 17.2. The summed E-state index contributed by atoms with van der Waals surface area (Å²) in [7, 11) is 3.20. The fourth-order valence-electron chi connectivity index (χ4n) is 4.31. The first-order valence-corrected chi connectivity index (χ1v) is 10.1. The maximum Gasteiger partial charge on any atom is 0.219 e. The minimum Gasteiger partial charge on any atom is -0.497 e. The number of carbonyl (C=O) groups excluding carboxylic acids is 1. The molecule has 2 atom stereocenters. The summed E-state index contributed by atoms with van der Waals surface area (Å²) in [6.07, 6.45) is 1.11. The number of Topliss-reactive ketones (excluding diaryl/α,β-unsaturated/α-hetero) is 1. The molecule has 2 heterocycles. The molecule has 0 unspecified atom stereocenters. The predicted molar refractivity (Wildman–Crippen MR) is 114 cm³/mol. The Balaban J connectivity index is 1.62. The van der Waals surface area contributed by atoms with Gasteiger partial charge in [0, 0.05) is 23.8 Å². The molecule has 2 N–H and O–H groups in total. The second-order valence-corrected chi connectivity index (χ2v) is 7.64. The van der Waals surface area contributed by atoms with E-state index in [0.717, 1.165) is 16.8 Å². The van der Waals surface area contributed by atoms with E-state index in [1.54, 1.807) is 20.3 Å². The molecule has 1 aliphatic carbocycles. The van der Waals surface area contributed by atoms with Gasteiger partial charge in [0.2, 0.25) is 11.6 Å². The van der Waals surface area contributed by atoms with Crippen LogP contribution in [0.1, 0.15) is 35.9 Å². The number of anilines is 2. The van der Waals surface area contributed by atoms with Crippen molar-refractivity contribution in [1.29, 1.82) is 0 Å². The molecule has 1 aromatic heterocycles. The summed E-state index contributed by atoms with van der Waals surface area (Å²) < 4.78 is 15.8. The molecule has 3 aromatic rings. The fraction of sp³-hybridized carbons (Fsp3) is 0.261. The highest BCUT2D eigenvalue weighted by molar-refractivity contribution is 6.00. The minimum atomic E-state index is -0.455. The average Bonchev–Trinajstić information content (AvgIpc) is 3.17. The second-order valence-electron chi connectivity index (χ2n) is 7.64. The Labute approximate surface area is 179 Å². The molecule has 2 aromatic carbocycles. The van der Waals surface area contributed by atoms with Crippen molar-refractivity contribution < 1.29 is 18.9 Å². The number of hydrogen-bond acceptors (Lipinski definition) is 8. The van der Waals surface area contributed by atoms with Gasteiger partial charge in [0.05, 0.1) is 20.3 Å². The van der Waals surface area contributed by atoms with Crippen LogP contribution in [0.25, 0.3) is 0 Å². The highest BCUT2D eigenvalue weighted by Gasteiger charge is 2.37. The van der Waals surface area contributed by atoms with Crippen LogP contribution < -0.4 is 20.1 Å². The number of methoxy groups -OCH3 is 2. The van der Waals surface area contributed by atoms with Crippen LogP contribution in [0, 0.1) is 0 Å². The van der Waals surface area contributed by atoms with E-state index in [2.05, 4.69) is 33.1 Å². The summed E-state index contributed by atoms with van der Waals surface area (Å²) in [6, 6.07) is 15.2. The lowest BCUT2D eigenvalue weighted by Crippen LogP contribution is -2.27. The van der Waals surface area contributed by atoms with Crippen LogP contribution in [0.5, 0.6) is 11.5 Å². The van der Waals surface area contributed by atoms with Gasteiger partial charge in [-0.05, 0) is 45.9 Å². The molecule has 0 saturated heterocycles. The summed E-state index contributed by atoms with van der Waals surface area (Å²) in [5.74, 6) is 2.35. The fourth-order valence-corrected chi connectivity index (χ4v) is 4.31. The molecule has 31 heavy (non-hydrogen) atoms. The van der Waals surface area contributed by atoms with Crippen LogP contribution in [0.2, 0.25) is 0 Å². The van der Waals surface area contributed by atoms with Crippen LogP contribution in [0.4, 0.5) is 11.6 Å². The molecular formula is C23H22N4O4. The molecule has 0 radical (unpaired) electrons. The summed E-state index contributed by atoms with van der Waals surface area (Å²) in [5.41, 5.74) is 3.45. The zero-order valence-corrected chi connectivity index (χ0v) is 17.2. The highest BCUT2D eigenvalue weighted by Crippen LogP contribution is 2.44. The molecule has 0 fully saturated rings. The monoisotopic (exact) mass is 418 g/mol. The minimum absolute atomic E-state index is 0.0731. The Morgan fingerprint density at radius 1 is 0.935 bits per heavy atom. The van der Waals surface area contributed by atoms with Crippen molar-refractivity contribution in [3.05, 3.63) is 70.9 Å². The molecule has 0 bridgehead atoms. The van der Waals surface area contributed by atoms with Crippen LogP contribution in [-0.4, -0.2) is 30.3 Å². The number of fused-ring (bicyclic) bond motifs is 1. The second kappa shape index (κ2) is 7.79. The summed E-state index contributed by atoms with van der Waals surface area (Å²) in [4.78, 5) is 13.5. The van der Waals surface area contributed by atoms with Gasteiger partial charge >= 0.3 is 0 Å². The standard InChI is InChI=1S/C23H22N4O4/c1-29-16-8-15(9-17(12-16)30-2)21-20-18(24-22-23(25-21)27-31-26-22)10-14(11-19(20)28)13-6-4-3-5-7-13/h3-9,12,14,21H,10-11H2,1-2H3,(H,24,26)(H,25,27)/t14-,21-/m1/s1. The third-order valence-electron chi connectivity index (χ3n) is 5.81. The molecule has 0 amide bonds. The zero-order chi connectivity index (χ0) is 21.4. The van der Waals surface area contributed by atoms with Crippen LogP contribution >= 0.6 is 0 Å². The highest BCUT2D eigenvalue weighted by atomic mass is 16.6. The van der Waals surface area contributed by atoms with E-state index >= 15 is 0 Å². The van der Waals surface area contributed by atoms with Crippen LogP contribution in [0.3, 0.4) is 0 Å². The van der Waals surface area contributed by atoms with Gasteiger partial charge in [-0.2, -0.15) is 0 Å². The number of aromatic nitrogens is 2. The quantitative estimate of drug-likeness (QED) is 0.654. The van der Waals surface area contributed by atoms with Gasteiger partial charge in [0.15, 0.2) is 5.78 Å². The molecule has 2 aliphatic rings. The van der Waals surface area contributed by atoms with Gasteiger partial charge < -0.3 is 20.1 Å². The van der Waals surface area contributed by atoms with Gasteiger partial charge in [-0.1, -0.05) is 30.3 Å². The van der Waals surface area contributed by atoms with Crippen molar-refractivity contribution in [2.45, 2.75) is 24.8 Å². The van der Waals surface area contributed by atoms with Gasteiger partial charge in [0.1, 0.15) is 11.5 Å². The number of rotatable bonds is 4. The van der Waals surface area contributed by atoms with Gasteiger partial charge in [-0.15, -0.1) is 0 Å². The number of ether oxygens (including phenoxy) is 2. The molecule has 0 spiro atoms. The largest absolute Gasteiger partial charge is 0.497 e. The first kappa shape index (κ1) is 19.2. The van der Waals surface area contributed by atoms with Crippen molar-refractivity contribution >= 4 is 17.4 Å². The number of nitrogens with one attached hydrogen (secondary N) is 2. The number of ketones is 1. The lowest BCUT2D eigenvalue weighted by atomic mass is 9.78. The molecule has 0 saturated carbocycles. The van der Waals surface area contributed by atoms with Gasteiger partial charge in [0.25, 0.3) is 0 Å². The molecule has 1 aliphatic heterocycles. The Hall–Kier alpha value is -3.81. The lowest BCUT2D eigenvalue weighted by molar-refractivity contribution is -0.116. The third-order valence-corrected chi connectivity index (χ3v) is 5.81. The van der Waals surface area contributed by atoms with Crippen molar-refractivity contribution in [2.24, 2.45) is 0 Å². The number of allylic oxidation sites excluding steroid dienone is 1. The van der Waals surface area contributed by atoms with Crippen molar-refractivity contribution in [1.82, 2.24) is 10.3 Å². The van der Waals surface area contributed by atoms with E-state index in [1.165, 1.54) is 0 Å². The van der Waals surface area contributed by atoms with E-state index in [-0.39, 0.29) is 11.7 Å². The predicted octanol–water partition coefficient (Wildman–Crippen LogP) is 4.07. The molecular weight excluding hydrogens is 396 g/mol. The van der Waals surface area contributed by atoms with E-state index in [9.17, 15) is 4.79 Å². The third kappa shape index (κ3) is 3.50. The Bertz CT molecular complexity index is 1130. The van der Waals surface area contributed by atoms with E-state index < -0.39 is 6.04 Å². The number of benzene rings is 2. The molecule has 8 nitrogen and oxygen atoms in total. The first-order chi connectivity index (χ1) is 15.2. The number of hydrogen-bond donors (Lipinski definition) is 2. The Morgan fingerprint density at radius 2 is 1.65 bits per heavy atom. The molecule has 5 rings (SSSR count). The van der Waals surface area contributed by atoms with Crippen molar-refractivity contribution in [3.63, 3.8) is 0 Å². The van der Waals surface area contributed by atoms with Crippen LogP contribution in [0.15, 0.2) is 64.4 Å². The SMILES string of the molecule is COc1cc(OC)cc([C@H]2Nc3nonc3NC3=C2C(=O)C[C@H](c2ccccc2)C3)c1.